The summed E-state index contributed by atoms with van der Waals surface area (Å²) < 4.78 is 6.30. The fourth-order valence-corrected chi connectivity index (χ4v) is 5.58. The molecule has 1 spiro atoms. The minimum Gasteiger partial charge on any atom is -0.490 e. The predicted molar refractivity (Wildman–Crippen MR) is 107 cm³/mol. The van der Waals surface area contributed by atoms with Crippen LogP contribution in [0, 0.1) is 17.2 Å². The van der Waals surface area contributed by atoms with Crippen LogP contribution in [0.3, 0.4) is 0 Å². The minimum absolute atomic E-state index is 0.00591. The number of ether oxygens (including phenoxy) is 1. The second kappa shape index (κ2) is 6.35. The van der Waals surface area contributed by atoms with Crippen LogP contribution in [0.5, 0.6) is 5.75 Å². The second-order valence-corrected chi connectivity index (χ2v) is 8.49. The molecule has 140 valence electrons. The smallest absolute Gasteiger partial charge is 0.154 e. The molecule has 3 heterocycles. The Hall–Kier alpha value is -2.85. The topological polar surface area (TPSA) is 101 Å². The van der Waals surface area contributed by atoms with Crippen LogP contribution in [0.25, 0.3) is 11.1 Å². The third-order valence-corrected chi connectivity index (χ3v) is 6.86. The number of pyridine rings is 1. The lowest BCUT2D eigenvalue weighted by Gasteiger charge is -2.46. The first-order chi connectivity index (χ1) is 13.6. The summed E-state index contributed by atoms with van der Waals surface area (Å²) >= 11 is 1.54. The first kappa shape index (κ1) is 17.3. The number of thioether (sulfide) groups is 1. The van der Waals surface area contributed by atoms with Gasteiger partial charge in [-0.3, -0.25) is 9.78 Å². The monoisotopic (exact) mass is 390 g/mol. The number of nitriles is 1. The van der Waals surface area contributed by atoms with Crippen LogP contribution in [0.2, 0.25) is 0 Å². The van der Waals surface area contributed by atoms with Crippen LogP contribution in [-0.4, -0.2) is 27.8 Å². The number of nitrogens with zero attached hydrogens (tertiary/aromatic N) is 3. The fourth-order valence-electron chi connectivity index (χ4n) is 4.55. The van der Waals surface area contributed by atoms with Gasteiger partial charge in [0.05, 0.1) is 5.56 Å². The number of benzene rings is 1. The van der Waals surface area contributed by atoms with Gasteiger partial charge in [0, 0.05) is 48.0 Å². The molecule has 6 nitrogen and oxygen atoms in total. The van der Waals surface area contributed by atoms with Crippen LogP contribution in [0.1, 0.15) is 30.4 Å². The number of hydrogen-bond donors (Lipinski definition) is 1. The number of fused-ring (bicyclic) bond motifs is 4. The van der Waals surface area contributed by atoms with Gasteiger partial charge in [0.15, 0.2) is 5.17 Å². The van der Waals surface area contributed by atoms with Crippen molar-refractivity contribution < 1.29 is 9.53 Å². The maximum Gasteiger partial charge on any atom is 0.154 e. The number of nitrogens with two attached hydrogens (primary N) is 1. The Morgan fingerprint density at radius 2 is 2.18 bits per heavy atom. The van der Waals surface area contributed by atoms with E-state index in [0.717, 1.165) is 28.9 Å². The number of carbonyl (C=O) groups is 1. The Kier molecular flexibility index (Phi) is 3.91. The van der Waals surface area contributed by atoms with Gasteiger partial charge in [-0.05, 0) is 30.2 Å². The van der Waals surface area contributed by atoms with Gasteiger partial charge in [-0.25, -0.2) is 4.99 Å². The van der Waals surface area contributed by atoms with Crippen LogP contribution < -0.4 is 10.5 Å². The van der Waals surface area contributed by atoms with Gasteiger partial charge >= 0.3 is 0 Å². The molecule has 1 aromatic heterocycles. The van der Waals surface area contributed by atoms with Gasteiger partial charge in [-0.1, -0.05) is 17.8 Å². The Balaban J connectivity index is 1.67. The standard InChI is InChI=1S/C21H18N4O2S/c22-8-12-5-14(10-24-9-12)13-1-3-18-16(6-13)21(11-28-20(23)25-21)17-7-15(26)2-4-19(17)27-18/h1,3,5-6,9-10,17,19H,2,4,7,11H2,(H2,23,25)/t17-,19-,21-/m0/s1. The zero-order valence-electron chi connectivity index (χ0n) is 15.1. The van der Waals surface area contributed by atoms with Crippen LogP contribution in [0.15, 0.2) is 41.7 Å². The maximum absolute atomic E-state index is 12.2. The SMILES string of the molecule is N#Cc1cncc(-c2ccc3c(c2)[C@@]2(CSC(N)=N2)[C@H]2CC(=O)CC[C@@H]2O3)c1. The average Bonchev–Trinajstić information content (AvgIpc) is 3.11. The van der Waals surface area contributed by atoms with Crippen molar-refractivity contribution in [2.45, 2.75) is 30.9 Å². The summed E-state index contributed by atoms with van der Waals surface area (Å²) in [5.74, 6) is 1.78. The van der Waals surface area contributed by atoms with Gasteiger partial charge in [0.1, 0.15) is 29.2 Å². The molecule has 1 saturated carbocycles. The number of carbonyl (C=O) groups excluding carboxylic acids is 1. The number of rotatable bonds is 1. The molecule has 28 heavy (non-hydrogen) atoms. The second-order valence-electron chi connectivity index (χ2n) is 7.49. The lowest BCUT2D eigenvalue weighted by Crippen LogP contribution is -2.50. The van der Waals surface area contributed by atoms with E-state index >= 15 is 0 Å². The molecule has 0 bridgehead atoms. The van der Waals surface area contributed by atoms with Gasteiger partial charge in [-0.2, -0.15) is 5.26 Å². The van der Waals surface area contributed by atoms with Crippen molar-refractivity contribution in [1.29, 1.82) is 5.26 Å². The highest BCUT2D eigenvalue weighted by Gasteiger charge is 2.54. The lowest BCUT2D eigenvalue weighted by molar-refractivity contribution is -0.126. The summed E-state index contributed by atoms with van der Waals surface area (Å²) in [6.45, 7) is 0. The largest absolute Gasteiger partial charge is 0.490 e. The fraction of sp³-hybridized carbons (Fsp3) is 0.333. The van der Waals surface area contributed by atoms with E-state index in [9.17, 15) is 10.1 Å². The summed E-state index contributed by atoms with van der Waals surface area (Å²) in [6, 6.07) is 9.95. The molecule has 0 unspecified atom stereocenters. The molecule has 0 saturated heterocycles. The quantitative estimate of drug-likeness (QED) is 0.803. The highest BCUT2D eigenvalue weighted by molar-refractivity contribution is 8.14. The Labute approximate surface area is 166 Å². The summed E-state index contributed by atoms with van der Waals surface area (Å²) in [6.07, 6.45) is 5.02. The highest BCUT2D eigenvalue weighted by Crippen LogP contribution is 2.54. The Morgan fingerprint density at radius 1 is 1.29 bits per heavy atom. The lowest BCUT2D eigenvalue weighted by atomic mass is 9.68. The number of ketones is 1. The number of hydrogen-bond acceptors (Lipinski definition) is 7. The van der Waals surface area contributed by atoms with Gasteiger partial charge in [0.25, 0.3) is 0 Å². The highest BCUT2D eigenvalue weighted by atomic mass is 32.2. The number of aliphatic imine (C=N–C) groups is 1. The third-order valence-electron chi connectivity index (χ3n) is 5.89. The number of Topliss-reactive ketones (excluding diaryl/α,β-unsaturated/α-hetero) is 1. The van der Waals surface area contributed by atoms with E-state index in [1.807, 2.05) is 18.2 Å². The van der Waals surface area contributed by atoms with E-state index in [0.29, 0.717) is 29.3 Å². The Morgan fingerprint density at radius 3 is 2.96 bits per heavy atom. The van der Waals surface area contributed by atoms with Crippen LogP contribution >= 0.6 is 11.8 Å². The molecule has 1 aliphatic carbocycles. The van der Waals surface area contributed by atoms with Crippen molar-refractivity contribution >= 4 is 22.7 Å². The Bertz CT molecular complexity index is 1060. The molecule has 2 aliphatic heterocycles. The molecule has 7 heteroatoms. The molecule has 2 N–H and O–H groups in total. The minimum atomic E-state index is -0.542. The third kappa shape index (κ3) is 2.60. The molecule has 1 aromatic carbocycles. The zero-order valence-corrected chi connectivity index (χ0v) is 15.9. The zero-order chi connectivity index (χ0) is 19.3. The molecule has 2 aromatic rings. The summed E-state index contributed by atoms with van der Waals surface area (Å²) in [5.41, 5.74) is 8.83. The molecular formula is C21H18N4O2S. The van der Waals surface area contributed by atoms with E-state index in [2.05, 4.69) is 17.1 Å². The summed E-state index contributed by atoms with van der Waals surface area (Å²) in [5, 5.41) is 9.73. The molecule has 1 fully saturated rings. The van der Waals surface area contributed by atoms with Crippen molar-refractivity contribution in [3.8, 4) is 22.9 Å². The van der Waals surface area contributed by atoms with Crippen LogP contribution in [-0.2, 0) is 10.3 Å². The van der Waals surface area contributed by atoms with Gasteiger partial charge in [0.2, 0.25) is 0 Å². The molecule has 3 atom stereocenters. The van der Waals surface area contributed by atoms with E-state index in [1.54, 1.807) is 12.4 Å². The predicted octanol–water partition coefficient (Wildman–Crippen LogP) is 3.01. The van der Waals surface area contributed by atoms with Crippen molar-refractivity contribution in [1.82, 2.24) is 4.98 Å². The van der Waals surface area contributed by atoms with Crippen LogP contribution in [0.4, 0.5) is 0 Å². The average molecular weight is 390 g/mol. The van der Waals surface area contributed by atoms with Gasteiger partial charge in [-0.15, -0.1) is 0 Å². The van der Waals surface area contributed by atoms with Crippen molar-refractivity contribution in [2.24, 2.45) is 16.6 Å². The first-order valence-electron chi connectivity index (χ1n) is 9.25. The van der Waals surface area contributed by atoms with E-state index in [4.69, 9.17) is 15.5 Å². The van der Waals surface area contributed by atoms with Crippen molar-refractivity contribution in [3.05, 3.63) is 47.8 Å². The molecule has 0 amide bonds. The number of amidine groups is 1. The molecule has 3 aliphatic rings. The summed E-state index contributed by atoms with van der Waals surface area (Å²) in [4.78, 5) is 21.3. The van der Waals surface area contributed by atoms with Crippen molar-refractivity contribution in [3.63, 3.8) is 0 Å². The summed E-state index contributed by atoms with van der Waals surface area (Å²) in [7, 11) is 0. The van der Waals surface area contributed by atoms with Crippen molar-refractivity contribution in [2.75, 3.05) is 5.75 Å². The molecule has 0 radical (unpaired) electrons. The molecule has 5 rings (SSSR count). The van der Waals surface area contributed by atoms with E-state index in [1.165, 1.54) is 11.8 Å². The number of aromatic nitrogens is 1. The maximum atomic E-state index is 12.2. The first-order valence-corrected chi connectivity index (χ1v) is 10.2. The van der Waals surface area contributed by atoms with E-state index in [-0.39, 0.29) is 17.8 Å². The molecular weight excluding hydrogens is 372 g/mol. The van der Waals surface area contributed by atoms with Gasteiger partial charge < -0.3 is 10.5 Å². The normalized spacial score (nSPS) is 28.1. The van der Waals surface area contributed by atoms with E-state index < -0.39 is 5.54 Å².